The highest BCUT2D eigenvalue weighted by atomic mass is 35.5. The standard InChI is InChI=1S/C14H15ClO2/c15-12-8-10(4-5-11(12)9-2-3-9)14(13(16)17)6-1-7-14/h4-5,8-9H,1-3,6-7H2,(H,16,17). The van der Waals surface area contributed by atoms with Crippen LogP contribution in [-0.2, 0) is 10.2 Å². The highest BCUT2D eigenvalue weighted by Gasteiger charge is 2.46. The first-order valence-electron chi connectivity index (χ1n) is 6.17. The van der Waals surface area contributed by atoms with Crippen molar-refractivity contribution in [2.75, 3.05) is 0 Å². The third-order valence-electron chi connectivity index (χ3n) is 4.19. The molecule has 0 saturated heterocycles. The second-order valence-corrected chi connectivity index (χ2v) is 5.66. The molecular formula is C14H15ClO2. The van der Waals surface area contributed by atoms with E-state index in [0.29, 0.717) is 5.92 Å². The number of carbonyl (C=O) groups is 1. The van der Waals surface area contributed by atoms with Gasteiger partial charge in [0.15, 0.2) is 0 Å². The molecule has 0 atom stereocenters. The zero-order chi connectivity index (χ0) is 12.0. The van der Waals surface area contributed by atoms with Crippen LogP contribution in [-0.4, -0.2) is 11.1 Å². The van der Waals surface area contributed by atoms with Crippen molar-refractivity contribution in [3.8, 4) is 0 Å². The number of hydrogen-bond acceptors (Lipinski definition) is 1. The first kappa shape index (κ1) is 11.1. The van der Waals surface area contributed by atoms with E-state index >= 15 is 0 Å². The summed E-state index contributed by atoms with van der Waals surface area (Å²) < 4.78 is 0. The van der Waals surface area contributed by atoms with Crippen LogP contribution >= 0.6 is 11.6 Å². The Hall–Kier alpha value is -1.02. The Morgan fingerprint density at radius 2 is 2.06 bits per heavy atom. The lowest BCUT2D eigenvalue weighted by Gasteiger charge is -2.38. The van der Waals surface area contributed by atoms with Gasteiger partial charge in [-0.1, -0.05) is 30.2 Å². The van der Waals surface area contributed by atoms with Gasteiger partial charge in [0.2, 0.25) is 0 Å². The normalized spacial score (nSPS) is 21.9. The fraction of sp³-hybridized carbons (Fsp3) is 0.500. The molecule has 3 rings (SSSR count). The maximum atomic E-state index is 11.4. The van der Waals surface area contributed by atoms with E-state index in [1.54, 1.807) is 0 Å². The van der Waals surface area contributed by atoms with E-state index in [2.05, 4.69) is 0 Å². The topological polar surface area (TPSA) is 37.3 Å². The summed E-state index contributed by atoms with van der Waals surface area (Å²) in [6, 6.07) is 5.87. The van der Waals surface area contributed by atoms with Crippen LogP contribution in [0.4, 0.5) is 0 Å². The summed E-state index contributed by atoms with van der Waals surface area (Å²) in [5, 5.41) is 10.1. The molecule has 2 nitrogen and oxygen atoms in total. The van der Waals surface area contributed by atoms with Crippen LogP contribution in [0.15, 0.2) is 18.2 Å². The van der Waals surface area contributed by atoms with E-state index in [0.717, 1.165) is 29.8 Å². The maximum Gasteiger partial charge on any atom is 0.314 e. The van der Waals surface area contributed by atoms with Crippen molar-refractivity contribution < 1.29 is 9.90 Å². The summed E-state index contributed by atoms with van der Waals surface area (Å²) in [5.41, 5.74) is 1.41. The van der Waals surface area contributed by atoms with Gasteiger partial charge in [-0.15, -0.1) is 0 Å². The Labute approximate surface area is 106 Å². The highest BCUT2D eigenvalue weighted by Crippen LogP contribution is 2.47. The van der Waals surface area contributed by atoms with Gasteiger partial charge >= 0.3 is 5.97 Å². The van der Waals surface area contributed by atoms with Gasteiger partial charge in [0.25, 0.3) is 0 Å². The Balaban J connectivity index is 1.98. The second-order valence-electron chi connectivity index (χ2n) is 5.25. The molecule has 0 heterocycles. The summed E-state index contributed by atoms with van der Waals surface area (Å²) in [6.07, 6.45) is 4.89. The van der Waals surface area contributed by atoms with Crippen LogP contribution in [0.2, 0.25) is 5.02 Å². The van der Waals surface area contributed by atoms with Crippen molar-refractivity contribution in [2.24, 2.45) is 0 Å². The lowest BCUT2D eigenvalue weighted by molar-refractivity contribution is -0.147. The molecule has 0 radical (unpaired) electrons. The van der Waals surface area contributed by atoms with Gasteiger partial charge < -0.3 is 5.11 Å². The monoisotopic (exact) mass is 250 g/mol. The third kappa shape index (κ3) is 1.66. The number of carboxylic acid groups (broad SMARTS) is 1. The van der Waals surface area contributed by atoms with Crippen LogP contribution in [0.25, 0.3) is 0 Å². The SMILES string of the molecule is O=C(O)C1(c2ccc(C3CC3)c(Cl)c2)CCC1. The Bertz CT molecular complexity index is 473. The third-order valence-corrected chi connectivity index (χ3v) is 4.51. The van der Waals surface area contributed by atoms with Gasteiger partial charge in [0.1, 0.15) is 0 Å². The molecule has 0 aliphatic heterocycles. The molecule has 2 aliphatic rings. The number of benzene rings is 1. The summed E-state index contributed by atoms with van der Waals surface area (Å²) in [4.78, 5) is 11.4. The first-order valence-corrected chi connectivity index (χ1v) is 6.54. The van der Waals surface area contributed by atoms with Crippen molar-refractivity contribution in [3.05, 3.63) is 34.3 Å². The molecule has 17 heavy (non-hydrogen) atoms. The number of rotatable bonds is 3. The van der Waals surface area contributed by atoms with Crippen LogP contribution < -0.4 is 0 Å². The molecule has 3 heteroatoms. The quantitative estimate of drug-likeness (QED) is 0.888. The van der Waals surface area contributed by atoms with E-state index in [1.807, 2.05) is 18.2 Å². The Morgan fingerprint density at radius 3 is 2.47 bits per heavy atom. The van der Waals surface area contributed by atoms with Gasteiger partial charge in [-0.05, 0) is 48.8 Å². The van der Waals surface area contributed by atoms with E-state index in [1.165, 1.54) is 18.4 Å². The summed E-state index contributed by atoms with van der Waals surface area (Å²) >= 11 is 6.26. The van der Waals surface area contributed by atoms with Crippen LogP contribution in [0.5, 0.6) is 0 Å². The minimum absolute atomic E-state index is 0.610. The zero-order valence-electron chi connectivity index (χ0n) is 9.58. The fourth-order valence-corrected chi connectivity index (χ4v) is 3.04. The predicted molar refractivity (Wildman–Crippen MR) is 66.6 cm³/mol. The van der Waals surface area contributed by atoms with E-state index in [-0.39, 0.29) is 0 Å². The number of halogens is 1. The predicted octanol–water partition coefficient (Wildman–Crippen LogP) is 3.72. The van der Waals surface area contributed by atoms with Gasteiger partial charge in [-0.2, -0.15) is 0 Å². The van der Waals surface area contributed by atoms with Crippen LogP contribution in [0, 0.1) is 0 Å². The van der Waals surface area contributed by atoms with E-state index in [4.69, 9.17) is 11.6 Å². The minimum atomic E-state index is -0.709. The fourth-order valence-electron chi connectivity index (χ4n) is 2.71. The molecule has 2 aliphatic carbocycles. The molecule has 1 N–H and O–H groups in total. The lowest BCUT2D eigenvalue weighted by atomic mass is 9.64. The molecular weight excluding hydrogens is 236 g/mol. The van der Waals surface area contributed by atoms with Crippen molar-refractivity contribution in [1.29, 1.82) is 0 Å². The molecule has 1 aromatic rings. The average Bonchev–Trinajstić information content (AvgIpc) is 2.98. The molecule has 0 spiro atoms. The number of hydrogen-bond donors (Lipinski definition) is 1. The first-order chi connectivity index (χ1) is 8.13. The molecule has 0 aromatic heterocycles. The smallest absolute Gasteiger partial charge is 0.314 e. The van der Waals surface area contributed by atoms with Crippen molar-refractivity contribution >= 4 is 17.6 Å². The zero-order valence-corrected chi connectivity index (χ0v) is 10.3. The molecule has 2 fully saturated rings. The van der Waals surface area contributed by atoms with Gasteiger partial charge in [-0.3, -0.25) is 4.79 Å². The molecule has 0 bridgehead atoms. The molecule has 2 saturated carbocycles. The van der Waals surface area contributed by atoms with E-state index in [9.17, 15) is 9.90 Å². The summed E-state index contributed by atoms with van der Waals surface area (Å²) in [6.45, 7) is 0. The number of aliphatic carboxylic acids is 1. The largest absolute Gasteiger partial charge is 0.481 e. The highest BCUT2D eigenvalue weighted by molar-refractivity contribution is 6.31. The summed E-state index contributed by atoms with van der Waals surface area (Å²) in [7, 11) is 0. The Kier molecular flexibility index (Phi) is 2.44. The van der Waals surface area contributed by atoms with Crippen molar-refractivity contribution in [1.82, 2.24) is 0 Å². The number of carboxylic acids is 1. The van der Waals surface area contributed by atoms with Gasteiger partial charge in [0, 0.05) is 5.02 Å². The van der Waals surface area contributed by atoms with Crippen LogP contribution in [0.1, 0.15) is 49.1 Å². The van der Waals surface area contributed by atoms with E-state index < -0.39 is 11.4 Å². The maximum absolute atomic E-state index is 11.4. The molecule has 90 valence electrons. The van der Waals surface area contributed by atoms with Gasteiger partial charge in [-0.25, -0.2) is 0 Å². The second kappa shape index (κ2) is 3.74. The summed E-state index contributed by atoms with van der Waals surface area (Å²) in [5.74, 6) is -0.0993. The van der Waals surface area contributed by atoms with Crippen molar-refractivity contribution in [2.45, 2.75) is 43.4 Å². The lowest BCUT2D eigenvalue weighted by Crippen LogP contribution is -2.42. The van der Waals surface area contributed by atoms with Crippen molar-refractivity contribution in [3.63, 3.8) is 0 Å². The molecule has 1 aromatic carbocycles. The molecule has 0 unspecified atom stereocenters. The van der Waals surface area contributed by atoms with Gasteiger partial charge in [0.05, 0.1) is 5.41 Å². The Morgan fingerprint density at radius 1 is 1.35 bits per heavy atom. The van der Waals surface area contributed by atoms with Crippen LogP contribution in [0.3, 0.4) is 0 Å². The average molecular weight is 251 g/mol. The minimum Gasteiger partial charge on any atom is -0.481 e. The molecule has 0 amide bonds.